The number of carboxylic acid groups (broad SMARTS) is 1. The quantitative estimate of drug-likeness (QED) is 0.292. The highest BCUT2D eigenvalue weighted by Gasteiger charge is 2.41. The first kappa shape index (κ1) is 29.1. The van der Waals surface area contributed by atoms with Crippen LogP contribution in [0, 0.1) is 18.2 Å². The van der Waals surface area contributed by atoms with E-state index in [1.54, 1.807) is 21.6 Å². The zero-order chi connectivity index (χ0) is 29.4. The fraction of sp³-hybridized carbons (Fsp3) is 0.385. The summed E-state index contributed by atoms with van der Waals surface area (Å²) in [6.45, 7) is 4.74. The predicted molar refractivity (Wildman–Crippen MR) is 146 cm³/mol. The van der Waals surface area contributed by atoms with Crippen LogP contribution in [0.2, 0.25) is 0 Å². The minimum absolute atomic E-state index is 0.0374. The number of hydrogen-bond donors (Lipinski definition) is 3. The lowest BCUT2D eigenvalue weighted by Gasteiger charge is -2.23. The van der Waals surface area contributed by atoms with E-state index in [1.807, 2.05) is 13.8 Å². The number of halogens is 1. The van der Waals surface area contributed by atoms with Gasteiger partial charge in [0, 0.05) is 30.7 Å². The number of nitrogens with zero attached hydrogens (tertiary/aromatic N) is 4. The third-order valence-electron chi connectivity index (χ3n) is 6.96. The number of pyridine rings is 2. The Bertz CT molecular complexity index is 1650. The molecule has 214 valence electrons. The molecule has 0 spiro atoms. The SMILES string of the molecule is CON=C1CN(c2nc3c(cc2F)c(=O)c(C(=O)O)cn3C2CC2)CC1(C)CN.Cc1ccc(S(=O)(=O)O)cc1. The molecule has 1 aliphatic heterocycles. The van der Waals surface area contributed by atoms with Gasteiger partial charge in [0.25, 0.3) is 10.1 Å². The Labute approximate surface area is 229 Å². The summed E-state index contributed by atoms with van der Waals surface area (Å²) >= 11 is 0. The van der Waals surface area contributed by atoms with Crippen molar-refractivity contribution in [2.45, 2.75) is 37.6 Å². The van der Waals surface area contributed by atoms with Crippen molar-refractivity contribution in [3.8, 4) is 0 Å². The van der Waals surface area contributed by atoms with E-state index in [-0.39, 0.29) is 39.9 Å². The van der Waals surface area contributed by atoms with Crippen LogP contribution in [0.15, 0.2) is 51.4 Å². The average molecular weight is 576 g/mol. The Hall–Kier alpha value is -3.88. The van der Waals surface area contributed by atoms with Gasteiger partial charge >= 0.3 is 5.97 Å². The first-order valence-electron chi connectivity index (χ1n) is 12.4. The lowest BCUT2D eigenvalue weighted by atomic mass is 9.88. The highest BCUT2D eigenvalue weighted by Crippen LogP contribution is 2.38. The number of oxime groups is 1. The first-order chi connectivity index (χ1) is 18.8. The summed E-state index contributed by atoms with van der Waals surface area (Å²) in [7, 11) is -2.58. The molecule has 3 aromatic rings. The van der Waals surface area contributed by atoms with E-state index >= 15 is 0 Å². The fourth-order valence-corrected chi connectivity index (χ4v) is 4.95. The minimum atomic E-state index is -4.02. The molecule has 1 atom stereocenters. The monoisotopic (exact) mass is 575 g/mol. The molecule has 2 aliphatic rings. The largest absolute Gasteiger partial charge is 0.477 e. The zero-order valence-electron chi connectivity index (χ0n) is 22.2. The third-order valence-corrected chi connectivity index (χ3v) is 7.83. The molecule has 4 N–H and O–H groups in total. The van der Waals surface area contributed by atoms with Crippen LogP contribution in [0.3, 0.4) is 0 Å². The highest BCUT2D eigenvalue weighted by molar-refractivity contribution is 7.85. The van der Waals surface area contributed by atoms with Crippen LogP contribution < -0.4 is 16.1 Å². The molecular formula is C26H30FN5O7S. The summed E-state index contributed by atoms with van der Waals surface area (Å²) in [5.41, 5.74) is 6.22. The second-order valence-corrected chi connectivity index (χ2v) is 11.5. The van der Waals surface area contributed by atoms with Gasteiger partial charge in [-0.1, -0.05) is 29.8 Å². The topological polar surface area (TPSA) is 177 Å². The Morgan fingerprint density at radius 3 is 2.48 bits per heavy atom. The van der Waals surface area contributed by atoms with Gasteiger partial charge in [-0.3, -0.25) is 9.35 Å². The number of aromatic carboxylic acids is 1. The second-order valence-electron chi connectivity index (χ2n) is 10.1. The summed E-state index contributed by atoms with van der Waals surface area (Å²) in [6, 6.07) is 7.12. The molecule has 3 heterocycles. The molecular weight excluding hydrogens is 545 g/mol. The molecule has 2 fully saturated rings. The number of aryl methyl sites for hydroxylation is 1. The summed E-state index contributed by atoms with van der Waals surface area (Å²) in [6.07, 6.45) is 3.02. The number of nitrogens with two attached hydrogens (primary N) is 1. The molecule has 1 aliphatic carbocycles. The second kappa shape index (κ2) is 10.9. The Morgan fingerprint density at radius 2 is 1.95 bits per heavy atom. The van der Waals surface area contributed by atoms with E-state index in [0.29, 0.717) is 18.8 Å². The van der Waals surface area contributed by atoms with Gasteiger partial charge in [-0.2, -0.15) is 8.42 Å². The molecule has 1 aromatic carbocycles. The number of carbonyl (C=O) groups is 1. The smallest absolute Gasteiger partial charge is 0.341 e. The molecule has 1 saturated heterocycles. The van der Waals surface area contributed by atoms with E-state index in [1.165, 1.54) is 25.4 Å². The summed E-state index contributed by atoms with van der Waals surface area (Å²) in [5, 5.41) is 13.3. The molecule has 5 rings (SSSR count). The van der Waals surface area contributed by atoms with Crippen LogP contribution in [0.4, 0.5) is 10.2 Å². The molecule has 12 nitrogen and oxygen atoms in total. The number of hydrogen-bond acceptors (Lipinski definition) is 9. The van der Waals surface area contributed by atoms with Crippen molar-refractivity contribution in [2.75, 3.05) is 31.6 Å². The van der Waals surface area contributed by atoms with Gasteiger partial charge in [0.05, 0.1) is 22.5 Å². The lowest BCUT2D eigenvalue weighted by Crippen LogP contribution is -2.36. The molecule has 2 aromatic heterocycles. The minimum Gasteiger partial charge on any atom is -0.477 e. The van der Waals surface area contributed by atoms with Crippen LogP contribution in [0.5, 0.6) is 0 Å². The number of anilines is 1. The van der Waals surface area contributed by atoms with Crippen molar-refractivity contribution in [3.05, 3.63) is 63.7 Å². The maximum absolute atomic E-state index is 15.0. The lowest BCUT2D eigenvalue weighted by molar-refractivity contribution is 0.0694. The standard InChI is InChI=1S/C19H22FN5O4.C7H8O3S/c1-19(8-21)9-24(7-14(19)23-29-2)17-13(20)5-11-15(26)12(18(27)28)6-25(10-3-4-10)16(11)22-17;1-6-2-4-7(5-3-6)11(8,9)10/h5-6,10H,3-4,7-9,21H2,1-2H3,(H,27,28);2-5H,1H3,(H,8,9,10). The predicted octanol–water partition coefficient (Wildman–Crippen LogP) is 2.60. The summed E-state index contributed by atoms with van der Waals surface area (Å²) < 4.78 is 46.2. The number of fused-ring (bicyclic) bond motifs is 1. The molecule has 1 unspecified atom stereocenters. The van der Waals surface area contributed by atoms with E-state index in [4.69, 9.17) is 15.1 Å². The number of carboxylic acids is 1. The normalized spacial score (nSPS) is 19.9. The van der Waals surface area contributed by atoms with Gasteiger partial charge in [-0.05, 0) is 38.0 Å². The van der Waals surface area contributed by atoms with Gasteiger partial charge in [0.1, 0.15) is 18.3 Å². The van der Waals surface area contributed by atoms with Gasteiger partial charge in [-0.15, -0.1) is 0 Å². The van der Waals surface area contributed by atoms with Crippen molar-refractivity contribution in [1.29, 1.82) is 0 Å². The zero-order valence-corrected chi connectivity index (χ0v) is 23.0. The Balaban J connectivity index is 0.000000283. The van der Waals surface area contributed by atoms with Crippen molar-refractivity contribution in [1.82, 2.24) is 9.55 Å². The Kier molecular flexibility index (Phi) is 7.97. The van der Waals surface area contributed by atoms with Crippen molar-refractivity contribution < 1.29 is 32.1 Å². The van der Waals surface area contributed by atoms with E-state index < -0.39 is 32.7 Å². The maximum atomic E-state index is 15.0. The number of benzene rings is 1. The number of aromatic nitrogens is 2. The first-order valence-corrected chi connectivity index (χ1v) is 13.8. The Morgan fingerprint density at radius 1 is 1.30 bits per heavy atom. The van der Waals surface area contributed by atoms with Crippen LogP contribution >= 0.6 is 0 Å². The highest BCUT2D eigenvalue weighted by atomic mass is 32.2. The van der Waals surface area contributed by atoms with Crippen molar-refractivity contribution >= 4 is 38.7 Å². The summed E-state index contributed by atoms with van der Waals surface area (Å²) in [4.78, 5) is 35.0. The molecule has 14 heteroatoms. The van der Waals surface area contributed by atoms with Crippen LogP contribution in [-0.4, -0.2) is 66.1 Å². The van der Waals surface area contributed by atoms with E-state index in [2.05, 4.69) is 10.1 Å². The molecule has 0 radical (unpaired) electrons. The van der Waals surface area contributed by atoms with Crippen molar-refractivity contribution in [3.63, 3.8) is 0 Å². The van der Waals surface area contributed by atoms with Crippen LogP contribution in [0.1, 0.15) is 41.7 Å². The van der Waals surface area contributed by atoms with Crippen LogP contribution in [0.25, 0.3) is 11.0 Å². The van der Waals surface area contributed by atoms with E-state index in [9.17, 15) is 27.5 Å². The van der Waals surface area contributed by atoms with Gasteiger partial charge in [-0.25, -0.2) is 14.2 Å². The van der Waals surface area contributed by atoms with Crippen molar-refractivity contribution in [2.24, 2.45) is 16.3 Å². The van der Waals surface area contributed by atoms with Crippen LogP contribution in [-0.2, 0) is 15.0 Å². The van der Waals surface area contributed by atoms with Gasteiger partial charge in [0.2, 0.25) is 5.43 Å². The van der Waals surface area contributed by atoms with Gasteiger partial charge in [0.15, 0.2) is 11.6 Å². The maximum Gasteiger partial charge on any atom is 0.341 e. The summed E-state index contributed by atoms with van der Waals surface area (Å²) in [5.74, 6) is -1.96. The van der Waals surface area contributed by atoms with Gasteiger partial charge < -0.3 is 25.1 Å². The van der Waals surface area contributed by atoms with E-state index in [0.717, 1.165) is 24.5 Å². The molecule has 40 heavy (non-hydrogen) atoms. The fourth-order valence-electron chi connectivity index (χ4n) is 4.47. The molecule has 0 amide bonds. The third kappa shape index (κ3) is 5.83. The average Bonchev–Trinajstić information content (AvgIpc) is 3.68. The molecule has 0 bridgehead atoms. The molecule has 1 saturated carbocycles. The number of rotatable bonds is 6.